The van der Waals surface area contributed by atoms with Gasteiger partial charge in [-0.15, -0.1) is 20.4 Å². The first-order valence-corrected chi connectivity index (χ1v) is 14.0. The molecule has 0 aliphatic heterocycles. The van der Waals surface area contributed by atoms with Gasteiger partial charge in [-0.05, 0) is 54.4 Å². The van der Waals surface area contributed by atoms with Crippen molar-refractivity contribution in [2.75, 3.05) is 28.9 Å². The number of ether oxygens (including phenoxy) is 1. The molecule has 2 heterocycles. The Balaban J connectivity index is 1.21. The van der Waals surface area contributed by atoms with Crippen LogP contribution in [-0.4, -0.2) is 49.6 Å². The van der Waals surface area contributed by atoms with Gasteiger partial charge in [-0.1, -0.05) is 58.6 Å². The van der Waals surface area contributed by atoms with E-state index in [4.69, 9.17) is 22.2 Å². The fraction of sp³-hybridized carbons (Fsp3) is 0.182. The number of rotatable bonds is 12. The Morgan fingerprint density at radius 1 is 1.14 bits per heavy atom. The van der Waals surface area contributed by atoms with Gasteiger partial charge in [0, 0.05) is 10.8 Å². The summed E-state index contributed by atoms with van der Waals surface area (Å²) in [6, 6.07) is 15.1. The van der Waals surface area contributed by atoms with E-state index in [-0.39, 0.29) is 17.6 Å². The van der Waals surface area contributed by atoms with Crippen molar-refractivity contribution in [3.05, 3.63) is 64.7 Å². The number of anilines is 2. The number of hydrogen-bond donors (Lipinski definition) is 3. The van der Waals surface area contributed by atoms with Crippen molar-refractivity contribution in [3.63, 3.8) is 0 Å². The second kappa shape index (κ2) is 13.3. The van der Waals surface area contributed by atoms with Crippen molar-refractivity contribution in [1.29, 1.82) is 0 Å². The molecule has 0 atom stereocenters. The molecule has 0 spiro atoms. The van der Waals surface area contributed by atoms with Gasteiger partial charge in [0.1, 0.15) is 5.75 Å². The number of nitrogens with zero attached hydrogens (tertiary/aromatic N) is 6. The van der Waals surface area contributed by atoms with Gasteiger partial charge in [0.05, 0.1) is 18.6 Å². The predicted molar refractivity (Wildman–Crippen MR) is 149 cm³/mol. The molecule has 11 nitrogen and oxygen atoms in total. The Morgan fingerprint density at radius 3 is 2.68 bits per heavy atom. The van der Waals surface area contributed by atoms with Gasteiger partial charge in [-0.25, -0.2) is 10.1 Å². The lowest BCUT2D eigenvalue weighted by Gasteiger charge is -2.03. The van der Waals surface area contributed by atoms with Crippen LogP contribution in [0.25, 0.3) is 0 Å². The SMILES string of the molecule is CCOc1ccc(/C=N/Nc2nnc(SCC(=O)Nc3nnc(SCc4ccc(Cl)cc4)s3)n2N)cc1. The normalized spacial score (nSPS) is 11.1. The molecule has 0 unspecified atom stereocenters. The lowest BCUT2D eigenvalue weighted by molar-refractivity contribution is -0.113. The molecule has 4 N–H and O–H groups in total. The second-order valence-electron chi connectivity index (χ2n) is 7.17. The number of amides is 1. The molecule has 0 bridgehead atoms. The maximum absolute atomic E-state index is 12.4. The van der Waals surface area contributed by atoms with Gasteiger partial charge >= 0.3 is 0 Å². The first kappa shape index (κ1) is 26.7. The zero-order chi connectivity index (χ0) is 26.0. The van der Waals surface area contributed by atoms with Crippen LogP contribution in [0.1, 0.15) is 18.1 Å². The average Bonchev–Trinajstić information content (AvgIpc) is 3.49. The lowest BCUT2D eigenvalue weighted by Crippen LogP contribution is -2.16. The Morgan fingerprint density at radius 2 is 1.92 bits per heavy atom. The molecule has 0 radical (unpaired) electrons. The van der Waals surface area contributed by atoms with Crippen LogP contribution >= 0.6 is 46.5 Å². The number of hydrogen-bond acceptors (Lipinski definition) is 12. The van der Waals surface area contributed by atoms with Crippen LogP contribution in [0.4, 0.5) is 11.1 Å². The number of nitrogens with one attached hydrogen (secondary N) is 2. The summed E-state index contributed by atoms with van der Waals surface area (Å²) in [6.07, 6.45) is 1.62. The van der Waals surface area contributed by atoms with Crippen LogP contribution in [0.2, 0.25) is 5.02 Å². The lowest BCUT2D eigenvalue weighted by atomic mass is 10.2. The van der Waals surface area contributed by atoms with Crippen LogP contribution in [0.3, 0.4) is 0 Å². The van der Waals surface area contributed by atoms with Crippen molar-refractivity contribution < 1.29 is 9.53 Å². The quantitative estimate of drug-likeness (QED) is 0.0732. The highest BCUT2D eigenvalue weighted by molar-refractivity contribution is 8.00. The standard InChI is InChI=1S/C22H22ClN9O2S3/c1-2-34-17-9-5-14(6-10-17)11-25-27-19-28-30-21(32(19)24)35-13-18(33)26-20-29-31-22(37-20)36-12-15-3-7-16(23)8-4-15/h3-11H,2,12-13,24H2,1H3,(H,27,28)(H,26,29,33)/b25-11+. The zero-order valence-electron chi connectivity index (χ0n) is 19.5. The number of aromatic nitrogens is 5. The predicted octanol–water partition coefficient (Wildman–Crippen LogP) is 4.36. The Hall–Kier alpha value is -3.33. The minimum Gasteiger partial charge on any atom is -0.494 e. The van der Waals surface area contributed by atoms with Gasteiger partial charge in [-0.2, -0.15) is 5.10 Å². The van der Waals surface area contributed by atoms with Gasteiger partial charge in [0.25, 0.3) is 5.95 Å². The molecule has 0 saturated heterocycles. The highest BCUT2D eigenvalue weighted by Gasteiger charge is 2.14. The number of nitrogens with two attached hydrogens (primary N) is 1. The number of carbonyl (C=O) groups is 1. The first-order chi connectivity index (χ1) is 18.0. The molecular formula is C22H22ClN9O2S3. The van der Waals surface area contributed by atoms with Crippen LogP contribution in [0.15, 0.2) is 63.1 Å². The molecule has 4 rings (SSSR count). The van der Waals surface area contributed by atoms with Gasteiger partial charge < -0.3 is 10.6 Å². The fourth-order valence-corrected chi connectivity index (χ4v) is 5.27. The number of benzene rings is 2. The van der Waals surface area contributed by atoms with Crippen LogP contribution in [0.5, 0.6) is 5.75 Å². The van der Waals surface area contributed by atoms with Crippen LogP contribution < -0.4 is 21.3 Å². The van der Waals surface area contributed by atoms with Gasteiger partial charge in [0.15, 0.2) is 4.34 Å². The van der Waals surface area contributed by atoms with E-state index in [1.54, 1.807) is 6.21 Å². The van der Waals surface area contributed by atoms with E-state index in [1.807, 2.05) is 55.5 Å². The third-order valence-electron chi connectivity index (χ3n) is 4.49. The van der Waals surface area contributed by atoms with Crippen molar-refractivity contribution in [2.45, 2.75) is 22.2 Å². The van der Waals surface area contributed by atoms with Crippen molar-refractivity contribution in [1.82, 2.24) is 25.1 Å². The summed E-state index contributed by atoms with van der Waals surface area (Å²) in [4.78, 5) is 12.4. The van der Waals surface area contributed by atoms with Gasteiger partial charge in [0.2, 0.25) is 16.2 Å². The highest BCUT2D eigenvalue weighted by atomic mass is 35.5. The van der Waals surface area contributed by atoms with E-state index < -0.39 is 0 Å². The van der Waals surface area contributed by atoms with Crippen molar-refractivity contribution >= 4 is 69.7 Å². The number of thioether (sulfide) groups is 2. The van der Waals surface area contributed by atoms with Crippen molar-refractivity contribution in [3.8, 4) is 5.75 Å². The summed E-state index contributed by atoms with van der Waals surface area (Å²) in [6.45, 7) is 2.54. The molecule has 2 aromatic carbocycles. The van der Waals surface area contributed by atoms with E-state index in [9.17, 15) is 4.79 Å². The Bertz CT molecular complexity index is 1340. The van der Waals surface area contributed by atoms with E-state index in [0.29, 0.717) is 21.9 Å². The zero-order valence-corrected chi connectivity index (χ0v) is 22.7. The maximum atomic E-state index is 12.4. The number of carbonyl (C=O) groups excluding carboxylic acids is 1. The monoisotopic (exact) mass is 575 g/mol. The summed E-state index contributed by atoms with van der Waals surface area (Å²) in [5, 5.41) is 24.4. The summed E-state index contributed by atoms with van der Waals surface area (Å²) in [7, 11) is 0. The molecule has 0 aliphatic rings. The number of halogens is 1. The Labute approximate surface area is 230 Å². The molecule has 4 aromatic rings. The molecule has 0 aliphatic carbocycles. The van der Waals surface area contributed by atoms with Gasteiger partial charge in [-0.3, -0.25) is 10.1 Å². The summed E-state index contributed by atoms with van der Waals surface area (Å²) >= 11 is 9.88. The van der Waals surface area contributed by atoms with Crippen molar-refractivity contribution in [2.24, 2.45) is 5.10 Å². The molecule has 37 heavy (non-hydrogen) atoms. The van der Waals surface area contributed by atoms with E-state index >= 15 is 0 Å². The molecule has 0 fully saturated rings. The first-order valence-electron chi connectivity index (χ1n) is 10.9. The molecule has 2 aromatic heterocycles. The topological polar surface area (TPSA) is 145 Å². The minimum absolute atomic E-state index is 0.0671. The molecule has 1 amide bonds. The summed E-state index contributed by atoms with van der Waals surface area (Å²) in [5.41, 5.74) is 4.73. The fourth-order valence-electron chi connectivity index (χ4n) is 2.76. The summed E-state index contributed by atoms with van der Waals surface area (Å²) < 4.78 is 7.39. The van der Waals surface area contributed by atoms with E-state index in [2.05, 4.69) is 36.2 Å². The third kappa shape index (κ3) is 8.08. The number of hydrazone groups is 1. The average molecular weight is 576 g/mol. The van der Waals surface area contributed by atoms with E-state index in [1.165, 1.54) is 27.8 Å². The largest absolute Gasteiger partial charge is 0.494 e. The molecule has 192 valence electrons. The number of nitrogen functional groups attached to an aromatic ring is 1. The smallest absolute Gasteiger partial charge is 0.264 e. The Kier molecular flexibility index (Phi) is 9.59. The molecular weight excluding hydrogens is 554 g/mol. The summed E-state index contributed by atoms with van der Waals surface area (Å²) in [5.74, 6) is 7.58. The van der Waals surface area contributed by atoms with E-state index in [0.717, 1.165) is 38.7 Å². The minimum atomic E-state index is -0.263. The molecule has 15 heteroatoms. The maximum Gasteiger partial charge on any atom is 0.264 e. The highest BCUT2D eigenvalue weighted by Crippen LogP contribution is 2.29. The molecule has 0 saturated carbocycles. The third-order valence-corrected chi connectivity index (χ3v) is 7.73. The second-order valence-corrected chi connectivity index (χ2v) is 10.8. The van der Waals surface area contributed by atoms with Crippen LogP contribution in [-0.2, 0) is 10.5 Å². The van der Waals surface area contributed by atoms with Crippen LogP contribution in [0, 0.1) is 0 Å².